The molecule has 0 N–H and O–H groups in total. The molecule has 0 aromatic carbocycles. The summed E-state index contributed by atoms with van der Waals surface area (Å²) in [5.41, 5.74) is 0.304. The standard InChI is InChI=1S/C12H16N2O2/c1-12(2)8-3-10(12)9(5-15-6-13)11(4-8)16-7-14/h8-11H,3-5H2,1-2H3. The Bertz CT molecular complexity index is 353. The first-order chi connectivity index (χ1) is 7.61. The molecule has 16 heavy (non-hydrogen) atoms. The SMILES string of the molecule is CC1(C)C2CC(OC#N)C(COC#N)C1C2. The summed E-state index contributed by atoms with van der Waals surface area (Å²) in [4.78, 5) is 0. The first kappa shape index (κ1) is 11.1. The van der Waals surface area contributed by atoms with Crippen LogP contribution in [0.5, 0.6) is 0 Å². The molecule has 3 aliphatic rings. The summed E-state index contributed by atoms with van der Waals surface area (Å²) in [5, 5.41) is 17.1. The van der Waals surface area contributed by atoms with E-state index in [1.165, 1.54) is 6.42 Å². The first-order valence-electron chi connectivity index (χ1n) is 5.67. The van der Waals surface area contributed by atoms with Crippen LogP contribution >= 0.6 is 0 Å². The topological polar surface area (TPSA) is 66.0 Å². The molecule has 0 radical (unpaired) electrons. The second kappa shape index (κ2) is 3.87. The van der Waals surface area contributed by atoms with Crippen molar-refractivity contribution in [3.05, 3.63) is 0 Å². The predicted molar refractivity (Wildman–Crippen MR) is 55.5 cm³/mol. The van der Waals surface area contributed by atoms with Crippen LogP contribution < -0.4 is 0 Å². The first-order valence-corrected chi connectivity index (χ1v) is 5.67. The Hall–Kier alpha value is -1.42. The smallest absolute Gasteiger partial charge is 0.286 e. The highest BCUT2D eigenvalue weighted by Crippen LogP contribution is 2.61. The molecule has 0 saturated heterocycles. The summed E-state index contributed by atoms with van der Waals surface area (Å²) in [6.45, 7) is 4.89. The van der Waals surface area contributed by atoms with E-state index >= 15 is 0 Å². The van der Waals surface area contributed by atoms with E-state index in [-0.39, 0.29) is 12.0 Å². The minimum absolute atomic E-state index is 0.0601. The predicted octanol–water partition coefficient (Wildman–Crippen LogP) is 2.03. The van der Waals surface area contributed by atoms with Crippen molar-refractivity contribution < 1.29 is 9.47 Å². The van der Waals surface area contributed by atoms with Crippen molar-refractivity contribution in [1.82, 2.24) is 0 Å². The van der Waals surface area contributed by atoms with Crippen LogP contribution in [0.15, 0.2) is 0 Å². The average Bonchev–Trinajstić information content (AvgIpc) is 2.27. The third kappa shape index (κ3) is 1.50. The van der Waals surface area contributed by atoms with Crippen LogP contribution in [0.4, 0.5) is 0 Å². The molecule has 0 heterocycles. The van der Waals surface area contributed by atoms with Gasteiger partial charge < -0.3 is 9.47 Å². The van der Waals surface area contributed by atoms with E-state index in [9.17, 15) is 0 Å². The maximum absolute atomic E-state index is 8.61. The molecule has 0 spiro atoms. The number of nitrogens with zero attached hydrogens (tertiary/aromatic N) is 2. The van der Waals surface area contributed by atoms with Gasteiger partial charge in [0, 0.05) is 5.92 Å². The van der Waals surface area contributed by atoms with Crippen molar-refractivity contribution in [3.8, 4) is 12.5 Å². The fraction of sp³-hybridized carbons (Fsp3) is 0.833. The largest absolute Gasteiger partial charge is 0.427 e. The zero-order chi connectivity index (χ0) is 11.8. The van der Waals surface area contributed by atoms with Crippen molar-refractivity contribution in [2.75, 3.05) is 6.61 Å². The lowest BCUT2D eigenvalue weighted by atomic mass is 9.45. The summed E-state index contributed by atoms with van der Waals surface area (Å²) >= 11 is 0. The molecule has 4 heteroatoms. The highest BCUT2D eigenvalue weighted by atomic mass is 16.5. The Morgan fingerprint density at radius 2 is 2.00 bits per heavy atom. The fourth-order valence-corrected chi connectivity index (χ4v) is 3.46. The molecule has 2 bridgehead atoms. The van der Waals surface area contributed by atoms with E-state index < -0.39 is 0 Å². The zero-order valence-corrected chi connectivity index (χ0v) is 9.64. The number of fused-ring (bicyclic) bond motifs is 2. The Morgan fingerprint density at radius 1 is 1.25 bits per heavy atom. The zero-order valence-electron chi connectivity index (χ0n) is 9.64. The lowest BCUT2D eigenvalue weighted by molar-refractivity contribution is -0.170. The van der Waals surface area contributed by atoms with E-state index in [4.69, 9.17) is 20.0 Å². The molecule has 86 valence electrons. The van der Waals surface area contributed by atoms with Gasteiger partial charge in [0.15, 0.2) is 0 Å². The van der Waals surface area contributed by atoms with E-state index in [1.54, 1.807) is 12.5 Å². The van der Waals surface area contributed by atoms with Gasteiger partial charge in [0.05, 0.1) is 0 Å². The van der Waals surface area contributed by atoms with Crippen molar-refractivity contribution >= 4 is 0 Å². The van der Waals surface area contributed by atoms with Gasteiger partial charge in [-0.15, -0.1) is 0 Å². The van der Waals surface area contributed by atoms with Gasteiger partial charge in [0.25, 0.3) is 12.5 Å². The number of rotatable bonds is 3. The molecule has 4 unspecified atom stereocenters. The summed E-state index contributed by atoms with van der Waals surface area (Å²) < 4.78 is 9.96. The minimum Gasteiger partial charge on any atom is -0.427 e. The van der Waals surface area contributed by atoms with Crippen LogP contribution in [0.2, 0.25) is 0 Å². The van der Waals surface area contributed by atoms with E-state index in [0.717, 1.165) is 6.42 Å². The average molecular weight is 220 g/mol. The lowest BCUT2D eigenvalue weighted by Crippen LogP contribution is -2.58. The van der Waals surface area contributed by atoms with Gasteiger partial charge in [-0.2, -0.15) is 10.5 Å². The number of nitriles is 2. The minimum atomic E-state index is -0.0601. The van der Waals surface area contributed by atoms with Crippen molar-refractivity contribution in [2.45, 2.75) is 32.8 Å². The van der Waals surface area contributed by atoms with Crippen LogP contribution in [-0.4, -0.2) is 12.7 Å². The van der Waals surface area contributed by atoms with E-state index in [2.05, 4.69) is 13.8 Å². The molecule has 4 atom stereocenters. The van der Waals surface area contributed by atoms with Gasteiger partial charge in [-0.25, -0.2) is 0 Å². The molecular weight excluding hydrogens is 204 g/mol. The molecule has 3 aliphatic carbocycles. The summed E-state index contributed by atoms with van der Waals surface area (Å²) in [6.07, 6.45) is 5.51. The van der Waals surface area contributed by atoms with Crippen molar-refractivity contribution in [3.63, 3.8) is 0 Å². The van der Waals surface area contributed by atoms with Crippen molar-refractivity contribution in [1.29, 1.82) is 10.5 Å². The number of hydrogen-bond donors (Lipinski definition) is 0. The van der Waals surface area contributed by atoms with Gasteiger partial charge in [-0.1, -0.05) is 13.8 Å². The molecule has 3 saturated carbocycles. The number of hydrogen-bond acceptors (Lipinski definition) is 4. The van der Waals surface area contributed by atoms with Gasteiger partial charge in [0.1, 0.15) is 12.7 Å². The second-order valence-electron chi connectivity index (χ2n) is 5.41. The summed E-state index contributed by atoms with van der Waals surface area (Å²) in [7, 11) is 0. The quantitative estimate of drug-likeness (QED) is 0.682. The van der Waals surface area contributed by atoms with E-state index in [0.29, 0.717) is 23.9 Å². The van der Waals surface area contributed by atoms with Crippen LogP contribution in [0.1, 0.15) is 26.7 Å². The molecule has 0 aliphatic heterocycles. The Kier molecular flexibility index (Phi) is 2.68. The number of ether oxygens (including phenoxy) is 2. The van der Waals surface area contributed by atoms with Crippen LogP contribution in [-0.2, 0) is 9.47 Å². The fourth-order valence-electron chi connectivity index (χ4n) is 3.46. The Morgan fingerprint density at radius 3 is 2.56 bits per heavy atom. The molecule has 3 rings (SSSR count). The monoisotopic (exact) mass is 220 g/mol. The molecule has 0 amide bonds. The highest BCUT2D eigenvalue weighted by molar-refractivity contribution is 5.07. The van der Waals surface area contributed by atoms with Crippen LogP contribution in [0.3, 0.4) is 0 Å². The Labute approximate surface area is 95.8 Å². The van der Waals surface area contributed by atoms with Gasteiger partial charge in [-0.3, -0.25) is 0 Å². The molecule has 4 nitrogen and oxygen atoms in total. The second-order valence-corrected chi connectivity index (χ2v) is 5.41. The summed E-state index contributed by atoms with van der Waals surface area (Å²) in [6, 6.07) is 0. The molecule has 3 fully saturated rings. The Balaban J connectivity index is 2.08. The molecule has 0 aromatic heterocycles. The van der Waals surface area contributed by atoms with Gasteiger partial charge >= 0.3 is 0 Å². The van der Waals surface area contributed by atoms with Gasteiger partial charge in [0.2, 0.25) is 0 Å². The highest BCUT2D eigenvalue weighted by Gasteiger charge is 2.58. The van der Waals surface area contributed by atoms with Gasteiger partial charge in [-0.05, 0) is 30.1 Å². The lowest BCUT2D eigenvalue weighted by Gasteiger charge is -2.61. The third-order valence-electron chi connectivity index (χ3n) is 4.60. The normalized spacial score (nSPS) is 38.8. The molecular formula is C12H16N2O2. The van der Waals surface area contributed by atoms with Crippen LogP contribution in [0, 0.1) is 46.2 Å². The maximum atomic E-state index is 8.61. The van der Waals surface area contributed by atoms with Crippen molar-refractivity contribution in [2.24, 2.45) is 23.2 Å². The van der Waals surface area contributed by atoms with E-state index in [1.807, 2.05) is 0 Å². The summed E-state index contributed by atoms with van der Waals surface area (Å²) in [5.74, 6) is 1.34. The molecule has 0 aromatic rings. The third-order valence-corrected chi connectivity index (χ3v) is 4.60. The maximum Gasteiger partial charge on any atom is 0.286 e. The van der Waals surface area contributed by atoms with Crippen LogP contribution in [0.25, 0.3) is 0 Å².